The number of nitrogens with one attached hydrogen (secondary N) is 1. The van der Waals surface area contributed by atoms with Crippen molar-refractivity contribution in [3.05, 3.63) is 29.6 Å². The van der Waals surface area contributed by atoms with Gasteiger partial charge in [-0.25, -0.2) is 4.39 Å². The number of anilines is 1. The molecule has 1 aliphatic carbocycles. The van der Waals surface area contributed by atoms with Crippen molar-refractivity contribution in [2.75, 3.05) is 18.0 Å². The molecule has 1 aromatic carbocycles. The third-order valence-corrected chi connectivity index (χ3v) is 5.24. The molecule has 126 valence electrons. The van der Waals surface area contributed by atoms with Crippen LogP contribution in [-0.2, 0) is 4.79 Å². The van der Waals surface area contributed by atoms with Gasteiger partial charge in [0.05, 0.1) is 5.92 Å². The molecule has 1 saturated carbocycles. The Bertz CT molecular complexity index is 548. The van der Waals surface area contributed by atoms with Crippen LogP contribution in [0.25, 0.3) is 0 Å². The van der Waals surface area contributed by atoms with E-state index in [4.69, 9.17) is 0 Å². The van der Waals surface area contributed by atoms with Crippen molar-refractivity contribution in [3.8, 4) is 0 Å². The molecule has 0 bridgehead atoms. The van der Waals surface area contributed by atoms with Gasteiger partial charge >= 0.3 is 0 Å². The minimum absolute atomic E-state index is 0.0510. The van der Waals surface area contributed by atoms with Gasteiger partial charge in [-0.3, -0.25) is 4.79 Å². The first-order chi connectivity index (χ1) is 11.2. The van der Waals surface area contributed by atoms with E-state index >= 15 is 0 Å². The van der Waals surface area contributed by atoms with E-state index in [0.29, 0.717) is 0 Å². The third kappa shape index (κ3) is 3.74. The Labute approximate surface area is 138 Å². The van der Waals surface area contributed by atoms with Gasteiger partial charge in [-0.15, -0.1) is 0 Å². The van der Waals surface area contributed by atoms with Crippen LogP contribution in [0.3, 0.4) is 0 Å². The minimum Gasteiger partial charge on any atom is -0.316 e. The summed E-state index contributed by atoms with van der Waals surface area (Å²) in [5.74, 6) is 0.0376. The Kier molecular flexibility index (Phi) is 5.31. The molecule has 1 amide bonds. The lowest BCUT2D eigenvalue weighted by atomic mass is 9.90. The summed E-state index contributed by atoms with van der Waals surface area (Å²) in [5, 5.41) is 3.34. The van der Waals surface area contributed by atoms with Crippen LogP contribution in [0, 0.1) is 18.7 Å². The van der Waals surface area contributed by atoms with Crippen LogP contribution < -0.4 is 10.2 Å². The molecule has 2 aliphatic rings. The fraction of sp³-hybridized carbons (Fsp3) is 0.632. The number of hydrogen-bond acceptors (Lipinski definition) is 2. The van der Waals surface area contributed by atoms with Gasteiger partial charge < -0.3 is 10.2 Å². The molecule has 1 atom stereocenters. The van der Waals surface area contributed by atoms with Gasteiger partial charge in [0.1, 0.15) is 5.82 Å². The lowest BCUT2D eigenvalue weighted by Crippen LogP contribution is -2.48. The van der Waals surface area contributed by atoms with Crippen molar-refractivity contribution in [2.24, 2.45) is 5.92 Å². The molecule has 2 fully saturated rings. The number of carbonyl (C=O) groups excluding carboxylic acids is 1. The van der Waals surface area contributed by atoms with Crippen molar-refractivity contribution in [3.63, 3.8) is 0 Å². The van der Waals surface area contributed by atoms with Crippen LogP contribution in [0.1, 0.15) is 50.5 Å². The highest BCUT2D eigenvalue weighted by molar-refractivity contribution is 5.96. The van der Waals surface area contributed by atoms with Gasteiger partial charge in [0.15, 0.2) is 0 Å². The van der Waals surface area contributed by atoms with E-state index in [-0.39, 0.29) is 23.7 Å². The molecule has 1 heterocycles. The van der Waals surface area contributed by atoms with Crippen LogP contribution in [0.4, 0.5) is 10.1 Å². The van der Waals surface area contributed by atoms with E-state index in [1.165, 1.54) is 31.4 Å². The highest BCUT2D eigenvalue weighted by atomic mass is 19.1. The van der Waals surface area contributed by atoms with Crippen LogP contribution in [0.5, 0.6) is 0 Å². The van der Waals surface area contributed by atoms with Crippen LogP contribution >= 0.6 is 0 Å². The number of halogens is 1. The van der Waals surface area contributed by atoms with Gasteiger partial charge in [0.2, 0.25) is 5.91 Å². The monoisotopic (exact) mass is 318 g/mol. The van der Waals surface area contributed by atoms with Gasteiger partial charge in [-0.1, -0.05) is 19.3 Å². The number of piperidine rings is 1. The summed E-state index contributed by atoms with van der Waals surface area (Å²) in [6.45, 7) is 3.67. The number of amides is 1. The Morgan fingerprint density at radius 3 is 2.61 bits per heavy atom. The van der Waals surface area contributed by atoms with Crippen LogP contribution in [-0.4, -0.2) is 25.0 Å². The maximum absolute atomic E-state index is 13.5. The summed E-state index contributed by atoms with van der Waals surface area (Å²) < 4.78 is 13.5. The lowest BCUT2D eigenvalue weighted by molar-refractivity contribution is -0.123. The smallest absolute Gasteiger partial charge is 0.231 e. The van der Waals surface area contributed by atoms with Crippen molar-refractivity contribution >= 4 is 11.6 Å². The number of hydrogen-bond donors (Lipinski definition) is 1. The molecule has 0 aromatic heterocycles. The fourth-order valence-corrected chi connectivity index (χ4v) is 3.98. The molecule has 3 rings (SSSR count). The first-order valence-electron chi connectivity index (χ1n) is 8.97. The van der Waals surface area contributed by atoms with Crippen molar-refractivity contribution in [1.82, 2.24) is 5.32 Å². The summed E-state index contributed by atoms with van der Waals surface area (Å²) in [6.07, 6.45) is 7.74. The molecular weight excluding hydrogens is 291 g/mol. The number of aryl methyl sites for hydroxylation is 1. The van der Waals surface area contributed by atoms with Crippen molar-refractivity contribution in [1.29, 1.82) is 0 Å². The van der Waals surface area contributed by atoms with E-state index in [0.717, 1.165) is 50.0 Å². The second kappa shape index (κ2) is 7.43. The average molecular weight is 318 g/mol. The molecule has 1 saturated heterocycles. The van der Waals surface area contributed by atoms with Crippen molar-refractivity contribution < 1.29 is 9.18 Å². The van der Waals surface area contributed by atoms with Gasteiger partial charge in [0, 0.05) is 18.3 Å². The van der Waals surface area contributed by atoms with E-state index in [2.05, 4.69) is 5.32 Å². The number of carbonyl (C=O) groups is 1. The molecule has 0 spiro atoms. The van der Waals surface area contributed by atoms with Crippen LogP contribution in [0.15, 0.2) is 18.2 Å². The second-order valence-electron chi connectivity index (χ2n) is 6.97. The van der Waals surface area contributed by atoms with E-state index in [9.17, 15) is 9.18 Å². The molecule has 3 nitrogen and oxygen atoms in total. The van der Waals surface area contributed by atoms with Gasteiger partial charge in [-0.2, -0.15) is 0 Å². The molecule has 23 heavy (non-hydrogen) atoms. The summed E-state index contributed by atoms with van der Waals surface area (Å²) in [5.41, 5.74) is 1.75. The molecular formula is C19H27FN2O. The molecule has 1 N–H and O–H groups in total. The van der Waals surface area contributed by atoms with Crippen molar-refractivity contribution in [2.45, 2.75) is 57.9 Å². The Morgan fingerprint density at radius 1 is 1.17 bits per heavy atom. The first kappa shape index (κ1) is 16.4. The molecule has 1 aliphatic heterocycles. The predicted octanol–water partition coefficient (Wildman–Crippen LogP) is 3.80. The molecule has 0 radical (unpaired) electrons. The zero-order valence-corrected chi connectivity index (χ0v) is 14.0. The normalized spacial score (nSPS) is 22.8. The maximum atomic E-state index is 13.5. The quantitative estimate of drug-likeness (QED) is 0.919. The second-order valence-corrected chi connectivity index (χ2v) is 6.97. The van der Waals surface area contributed by atoms with E-state index < -0.39 is 0 Å². The highest BCUT2D eigenvalue weighted by Gasteiger charge is 2.33. The summed E-state index contributed by atoms with van der Waals surface area (Å²) >= 11 is 0. The summed E-state index contributed by atoms with van der Waals surface area (Å²) in [4.78, 5) is 15.2. The van der Waals surface area contributed by atoms with Crippen LogP contribution in [0.2, 0.25) is 0 Å². The largest absolute Gasteiger partial charge is 0.316 e. The fourth-order valence-electron chi connectivity index (χ4n) is 3.98. The maximum Gasteiger partial charge on any atom is 0.231 e. The lowest BCUT2D eigenvalue weighted by Gasteiger charge is -2.38. The Balaban J connectivity index is 1.90. The number of rotatable bonds is 3. The molecule has 4 heteroatoms. The van der Waals surface area contributed by atoms with E-state index in [1.807, 2.05) is 11.8 Å². The number of nitrogens with zero attached hydrogens (tertiary/aromatic N) is 1. The zero-order valence-electron chi connectivity index (χ0n) is 14.0. The standard InChI is InChI=1S/C19H27FN2O/c1-14-12-16(20)9-10-18(14)22(17-7-3-2-4-8-17)19(23)15-6-5-11-21-13-15/h9-10,12,15,17,21H,2-8,11,13H2,1H3/t15-/m0/s1. The molecule has 0 unspecified atom stereocenters. The summed E-state index contributed by atoms with van der Waals surface area (Å²) in [6, 6.07) is 5.07. The van der Waals surface area contributed by atoms with E-state index in [1.54, 1.807) is 6.07 Å². The summed E-state index contributed by atoms with van der Waals surface area (Å²) in [7, 11) is 0. The highest BCUT2D eigenvalue weighted by Crippen LogP contribution is 2.32. The third-order valence-electron chi connectivity index (χ3n) is 5.24. The van der Waals surface area contributed by atoms with Gasteiger partial charge in [0.25, 0.3) is 0 Å². The average Bonchev–Trinajstić information content (AvgIpc) is 2.59. The first-order valence-corrected chi connectivity index (χ1v) is 8.97. The SMILES string of the molecule is Cc1cc(F)ccc1N(C(=O)[C@H]1CCCNC1)C1CCCCC1. The minimum atomic E-state index is -0.235. The number of benzene rings is 1. The Morgan fingerprint density at radius 2 is 1.96 bits per heavy atom. The predicted molar refractivity (Wildman–Crippen MR) is 91.1 cm³/mol. The van der Waals surface area contributed by atoms with Gasteiger partial charge in [-0.05, 0) is 62.9 Å². The Hall–Kier alpha value is -1.42. The zero-order chi connectivity index (χ0) is 16.2. The molecule has 1 aromatic rings. The topological polar surface area (TPSA) is 32.3 Å².